The summed E-state index contributed by atoms with van der Waals surface area (Å²) in [6.07, 6.45) is 5.81. The molecular formula is C25H25N5O2Si. The van der Waals surface area contributed by atoms with Crippen LogP contribution in [0.2, 0.25) is 25.2 Å². The molecule has 0 fully saturated rings. The molecule has 2 aromatic carbocycles. The number of hydrogen-bond donors (Lipinski definition) is 1. The number of hydrogen-bond acceptors (Lipinski definition) is 6. The number of rotatable bonds is 6. The molecule has 3 heterocycles. The molecular weight excluding hydrogens is 430 g/mol. The van der Waals surface area contributed by atoms with Gasteiger partial charge in [-0.15, -0.1) is 0 Å². The Labute approximate surface area is 193 Å². The van der Waals surface area contributed by atoms with Gasteiger partial charge in [-0.25, -0.2) is 14.6 Å². The van der Waals surface area contributed by atoms with E-state index in [4.69, 9.17) is 9.47 Å². The Morgan fingerprint density at radius 2 is 1.94 bits per heavy atom. The second kappa shape index (κ2) is 7.45. The average molecular weight is 456 g/mol. The zero-order valence-electron chi connectivity index (χ0n) is 18.9. The quantitative estimate of drug-likeness (QED) is 0.400. The van der Waals surface area contributed by atoms with Crippen molar-refractivity contribution < 1.29 is 9.47 Å². The van der Waals surface area contributed by atoms with Gasteiger partial charge in [-0.1, -0.05) is 43.9 Å². The van der Waals surface area contributed by atoms with E-state index in [1.807, 2.05) is 29.1 Å². The Morgan fingerprint density at radius 1 is 1.06 bits per heavy atom. The molecule has 1 unspecified atom stereocenters. The highest BCUT2D eigenvalue weighted by Crippen LogP contribution is 2.50. The lowest BCUT2D eigenvalue weighted by Gasteiger charge is -2.16. The third-order valence-electron chi connectivity index (χ3n) is 6.19. The second-order valence-electron chi connectivity index (χ2n) is 9.57. The van der Waals surface area contributed by atoms with Crippen LogP contribution >= 0.6 is 0 Å². The van der Waals surface area contributed by atoms with Crippen molar-refractivity contribution in [1.82, 2.24) is 19.7 Å². The van der Waals surface area contributed by atoms with Crippen molar-refractivity contribution >= 4 is 30.5 Å². The standard InChI is InChI=1S/C25H25N5O2Si/c1-33(2,3)23-11-19(23)17-5-4-6-18(10-17)30-25-20(13-29-30)24(27-14-28-25)26-12-16-7-8-21-22(9-16)32-15-31-21/h4-11,13-14,23H,12,15H2,1-3H3,(H,26,27,28). The Balaban J connectivity index is 1.26. The number of nitrogens with zero attached hydrogens (tertiary/aromatic N) is 4. The van der Waals surface area contributed by atoms with Gasteiger partial charge in [0, 0.05) is 6.54 Å². The molecule has 8 heteroatoms. The summed E-state index contributed by atoms with van der Waals surface area (Å²) in [5.74, 6) is 2.31. The predicted octanol–water partition coefficient (Wildman–Crippen LogP) is 5.26. The van der Waals surface area contributed by atoms with E-state index in [1.54, 1.807) is 6.33 Å². The van der Waals surface area contributed by atoms with Gasteiger partial charge in [0.15, 0.2) is 17.1 Å². The third-order valence-corrected chi connectivity index (χ3v) is 8.54. The fraction of sp³-hybridized carbons (Fsp3) is 0.240. The molecule has 0 amide bonds. The van der Waals surface area contributed by atoms with Crippen LogP contribution in [0.25, 0.3) is 22.3 Å². The molecule has 33 heavy (non-hydrogen) atoms. The van der Waals surface area contributed by atoms with Crippen molar-refractivity contribution in [2.24, 2.45) is 0 Å². The molecule has 0 saturated heterocycles. The van der Waals surface area contributed by atoms with Crippen LogP contribution in [0.4, 0.5) is 5.82 Å². The summed E-state index contributed by atoms with van der Waals surface area (Å²) in [7, 11) is -1.21. The van der Waals surface area contributed by atoms with Crippen molar-refractivity contribution in [3.05, 3.63) is 72.2 Å². The smallest absolute Gasteiger partial charge is 0.231 e. The molecule has 4 aromatic rings. The van der Waals surface area contributed by atoms with E-state index in [-0.39, 0.29) is 6.79 Å². The van der Waals surface area contributed by atoms with Crippen LogP contribution in [0.3, 0.4) is 0 Å². The maximum atomic E-state index is 5.48. The molecule has 0 saturated carbocycles. The number of anilines is 1. The molecule has 7 nitrogen and oxygen atoms in total. The highest BCUT2D eigenvalue weighted by molar-refractivity contribution is 6.81. The Hall–Kier alpha value is -3.65. The molecule has 2 aliphatic rings. The highest BCUT2D eigenvalue weighted by Gasteiger charge is 2.37. The molecule has 0 spiro atoms. The van der Waals surface area contributed by atoms with E-state index < -0.39 is 8.07 Å². The zero-order valence-corrected chi connectivity index (χ0v) is 19.9. The number of fused-ring (bicyclic) bond motifs is 2. The fourth-order valence-corrected chi connectivity index (χ4v) is 6.13. The minimum Gasteiger partial charge on any atom is -0.454 e. The fourth-order valence-electron chi connectivity index (χ4n) is 4.35. The van der Waals surface area contributed by atoms with Gasteiger partial charge < -0.3 is 14.8 Å². The maximum Gasteiger partial charge on any atom is 0.231 e. The van der Waals surface area contributed by atoms with Gasteiger partial charge in [-0.05, 0) is 46.5 Å². The highest BCUT2D eigenvalue weighted by atomic mass is 28.3. The summed E-state index contributed by atoms with van der Waals surface area (Å²) in [5.41, 5.74) is 6.27. The lowest BCUT2D eigenvalue weighted by atomic mass is 10.1. The SMILES string of the molecule is C[Si](C)(C)C1C=C1c1cccc(-n2ncc3c(NCc4ccc5c(c4)OCO5)ncnc32)c1. The first-order valence-electron chi connectivity index (χ1n) is 11.1. The lowest BCUT2D eigenvalue weighted by Crippen LogP contribution is -2.21. The van der Waals surface area contributed by atoms with E-state index >= 15 is 0 Å². The molecule has 1 atom stereocenters. The molecule has 0 bridgehead atoms. The van der Waals surface area contributed by atoms with Gasteiger partial charge >= 0.3 is 0 Å². The number of aromatic nitrogens is 4. The van der Waals surface area contributed by atoms with Crippen molar-refractivity contribution in [3.63, 3.8) is 0 Å². The van der Waals surface area contributed by atoms with Gasteiger partial charge in [0.1, 0.15) is 12.1 Å². The van der Waals surface area contributed by atoms with Gasteiger partial charge in [0.25, 0.3) is 0 Å². The molecule has 166 valence electrons. The lowest BCUT2D eigenvalue weighted by molar-refractivity contribution is 0.174. The van der Waals surface area contributed by atoms with Crippen LogP contribution in [-0.2, 0) is 6.54 Å². The van der Waals surface area contributed by atoms with Crippen LogP contribution in [0.1, 0.15) is 11.1 Å². The summed E-state index contributed by atoms with van der Waals surface area (Å²) in [6, 6.07) is 14.5. The van der Waals surface area contributed by atoms with E-state index in [9.17, 15) is 0 Å². The maximum absolute atomic E-state index is 5.48. The second-order valence-corrected chi connectivity index (χ2v) is 14.9. The van der Waals surface area contributed by atoms with E-state index in [1.165, 1.54) is 11.1 Å². The summed E-state index contributed by atoms with van der Waals surface area (Å²) in [6.45, 7) is 8.13. The largest absolute Gasteiger partial charge is 0.454 e. The first kappa shape index (κ1) is 20.0. The van der Waals surface area contributed by atoms with E-state index in [0.29, 0.717) is 12.1 Å². The summed E-state index contributed by atoms with van der Waals surface area (Å²) in [5, 5.41) is 8.94. The summed E-state index contributed by atoms with van der Waals surface area (Å²) >= 11 is 0. The summed E-state index contributed by atoms with van der Waals surface area (Å²) < 4.78 is 12.8. The summed E-state index contributed by atoms with van der Waals surface area (Å²) in [4.78, 5) is 8.99. The van der Waals surface area contributed by atoms with Crippen LogP contribution in [-0.4, -0.2) is 34.6 Å². The van der Waals surface area contributed by atoms with Crippen LogP contribution < -0.4 is 14.8 Å². The minimum absolute atomic E-state index is 0.273. The molecule has 6 rings (SSSR count). The van der Waals surface area contributed by atoms with Crippen LogP contribution in [0, 0.1) is 0 Å². The average Bonchev–Trinajstić information content (AvgIpc) is 3.31. The Kier molecular flexibility index (Phi) is 4.51. The predicted molar refractivity (Wildman–Crippen MR) is 132 cm³/mol. The Morgan fingerprint density at radius 3 is 2.79 bits per heavy atom. The van der Waals surface area contributed by atoms with E-state index in [0.717, 1.165) is 39.6 Å². The van der Waals surface area contributed by atoms with Crippen molar-refractivity contribution in [2.75, 3.05) is 12.1 Å². The molecule has 2 aromatic heterocycles. The van der Waals surface area contributed by atoms with Crippen molar-refractivity contribution in [2.45, 2.75) is 31.7 Å². The number of ether oxygens (including phenoxy) is 2. The number of allylic oxidation sites excluding steroid dienone is 2. The van der Waals surface area contributed by atoms with Crippen LogP contribution in [0.15, 0.2) is 61.1 Å². The number of benzene rings is 2. The molecule has 1 aliphatic heterocycles. The van der Waals surface area contributed by atoms with Gasteiger partial charge in [0.05, 0.1) is 25.3 Å². The molecule has 0 radical (unpaired) electrons. The third kappa shape index (κ3) is 3.66. The number of nitrogens with one attached hydrogen (secondary N) is 1. The van der Waals surface area contributed by atoms with Gasteiger partial charge in [-0.3, -0.25) is 0 Å². The van der Waals surface area contributed by atoms with E-state index in [2.05, 4.69) is 70.4 Å². The first-order chi connectivity index (χ1) is 16.0. The van der Waals surface area contributed by atoms with Crippen LogP contribution in [0.5, 0.6) is 11.5 Å². The van der Waals surface area contributed by atoms with Gasteiger partial charge in [0.2, 0.25) is 6.79 Å². The monoisotopic (exact) mass is 455 g/mol. The molecule has 1 N–H and O–H groups in total. The van der Waals surface area contributed by atoms with Gasteiger partial charge in [-0.2, -0.15) is 5.10 Å². The van der Waals surface area contributed by atoms with Crippen molar-refractivity contribution in [3.8, 4) is 17.2 Å². The normalized spacial score (nSPS) is 16.7. The molecule has 1 aliphatic carbocycles. The topological polar surface area (TPSA) is 74.1 Å². The first-order valence-corrected chi connectivity index (χ1v) is 14.7. The minimum atomic E-state index is -1.21. The van der Waals surface area contributed by atoms with Crippen molar-refractivity contribution in [1.29, 1.82) is 0 Å². The Bertz CT molecular complexity index is 1410. The zero-order chi connectivity index (χ0) is 22.6.